The van der Waals surface area contributed by atoms with Crippen LogP contribution >= 0.6 is 11.6 Å². The Morgan fingerprint density at radius 2 is 2.00 bits per heavy atom. The molecule has 26 heavy (non-hydrogen) atoms. The van der Waals surface area contributed by atoms with Gasteiger partial charge in [0, 0.05) is 25.1 Å². The smallest absolute Gasteiger partial charge is 0.242 e. The number of hydrogen-bond acceptors (Lipinski definition) is 4. The third-order valence-corrected chi connectivity index (χ3v) is 4.20. The molecule has 2 N–H and O–H groups in total. The number of carbonyl (C=O) groups excluding carboxylic acids is 1. The van der Waals surface area contributed by atoms with Crippen molar-refractivity contribution in [2.24, 2.45) is 0 Å². The molecule has 7 heteroatoms. The lowest BCUT2D eigenvalue weighted by Gasteiger charge is -2.16. The van der Waals surface area contributed by atoms with Gasteiger partial charge < -0.3 is 10.6 Å². The third-order valence-electron chi connectivity index (χ3n) is 3.98. The van der Waals surface area contributed by atoms with Crippen LogP contribution in [0.3, 0.4) is 0 Å². The lowest BCUT2D eigenvalue weighted by Crippen LogP contribution is -2.38. The first-order valence-corrected chi connectivity index (χ1v) is 8.69. The summed E-state index contributed by atoms with van der Waals surface area (Å²) in [5.41, 5.74) is 2.29. The Morgan fingerprint density at radius 3 is 2.69 bits per heavy atom. The molecule has 2 aromatic heterocycles. The molecule has 2 heterocycles. The number of hydrogen-bond donors (Lipinski definition) is 2. The molecule has 1 amide bonds. The van der Waals surface area contributed by atoms with E-state index in [1.165, 1.54) is 6.20 Å². The molecule has 134 valence electrons. The van der Waals surface area contributed by atoms with E-state index in [4.69, 9.17) is 11.6 Å². The maximum absolute atomic E-state index is 12.3. The number of amides is 1. The molecule has 3 aromatic rings. The molecule has 0 bridgehead atoms. The van der Waals surface area contributed by atoms with Crippen molar-refractivity contribution in [1.29, 1.82) is 0 Å². The Bertz CT molecular complexity index is 849. The molecular formula is C19H20ClN5O. The van der Waals surface area contributed by atoms with Crippen molar-refractivity contribution in [2.45, 2.75) is 26.1 Å². The van der Waals surface area contributed by atoms with Crippen LogP contribution in [0, 0.1) is 0 Å². The quantitative estimate of drug-likeness (QED) is 0.671. The summed E-state index contributed by atoms with van der Waals surface area (Å²) in [5.74, 6) is 0.330. The van der Waals surface area contributed by atoms with E-state index in [0.717, 1.165) is 11.1 Å². The first kappa shape index (κ1) is 18.1. The summed E-state index contributed by atoms with van der Waals surface area (Å²) >= 11 is 5.80. The molecule has 0 aliphatic carbocycles. The van der Waals surface area contributed by atoms with Crippen molar-refractivity contribution in [3.05, 3.63) is 77.2 Å². The number of pyridine rings is 1. The van der Waals surface area contributed by atoms with Gasteiger partial charge in [0.15, 0.2) is 0 Å². The molecular weight excluding hydrogens is 350 g/mol. The van der Waals surface area contributed by atoms with E-state index in [1.807, 2.05) is 36.0 Å². The van der Waals surface area contributed by atoms with Crippen LogP contribution in [-0.2, 0) is 17.9 Å². The van der Waals surface area contributed by atoms with Gasteiger partial charge in [0.1, 0.15) is 5.82 Å². The van der Waals surface area contributed by atoms with Crippen molar-refractivity contribution in [3.8, 4) is 0 Å². The zero-order valence-corrected chi connectivity index (χ0v) is 15.1. The molecule has 3 rings (SSSR count). The molecule has 0 spiro atoms. The second-order valence-corrected chi connectivity index (χ2v) is 6.36. The summed E-state index contributed by atoms with van der Waals surface area (Å²) in [6.07, 6.45) is 5.19. The summed E-state index contributed by atoms with van der Waals surface area (Å²) < 4.78 is 1.88. The minimum absolute atomic E-state index is 0.149. The van der Waals surface area contributed by atoms with Gasteiger partial charge in [-0.1, -0.05) is 35.9 Å². The summed E-state index contributed by atoms with van der Waals surface area (Å²) in [5, 5.41) is 10.8. The van der Waals surface area contributed by atoms with Crippen LogP contribution in [0.4, 0.5) is 5.82 Å². The van der Waals surface area contributed by atoms with Crippen LogP contribution in [-0.4, -0.2) is 26.7 Å². The van der Waals surface area contributed by atoms with Gasteiger partial charge in [0.2, 0.25) is 5.91 Å². The molecule has 0 saturated carbocycles. The number of halogens is 1. The SMILES string of the molecule is C[C@@H](NCc1ccccc1Cn1cccn1)C(=O)Nc1ccc(Cl)cn1. The molecule has 6 nitrogen and oxygen atoms in total. The summed E-state index contributed by atoms with van der Waals surface area (Å²) in [4.78, 5) is 16.4. The Morgan fingerprint density at radius 1 is 1.19 bits per heavy atom. The topological polar surface area (TPSA) is 71.8 Å². The highest BCUT2D eigenvalue weighted by molar-refractivity contribution is 6.30. The van der Waals surface area contributed by atoms with Crippen molar-refractivity contribution < 1.29 is 4.79 Å². The highest BCUT2D eigenvalue weighted by atomic mass is 35.5. The Balaban J connectivity index is 1.58. The van der Waals surface area contributed by atoms with Gasteiger partial charge in [0.25, 0.3) is 0 Å². The number of aromatic nitrogens is 3. The zero-order valence-electron chi connectivity index (χ0n) is 14.4. The summed E-state index contributed by atoms with van der Waals surface area (Å²) in [6.45, 7) is 3.10. The van der Waals surface area contributed by atoms with Crippen molar-refractivity contribution in [2.75, 3.05) is 5.32 Å². The lowest BCUT2D eigenvalue weighted by atomic mass is 10.1. The third kappa shape index (κ3) is 4.91. The Labute approximate surface area is 157 Å². The Hall–Kier alpha value is -2.70. The number of benzene rings is 1. The standard InChI is InChI=1S/C19H20ClN5O/c1-14(19(26)24-18-8-7-17(20)12-22-18)21-11-15-5-2-3-6-16(15)13-25-10-4-9-23-25/h2-10,12,14,21H,11,13H2,1H3,(H,22,24,26)/t14-/m1/s1. The van der Waals surface area contributed by atoms with Gasteiger partial charge in [-0.05, 0) is 36.2 Å². The predicted molar refractivity (Wildman–Crippen MR) is 102 cm³/mol. The number of carbonyl (C=O) groups is 1. The highest BCUT2D eigenvalue weighted by Gasteiger charge is 2.14. The predicted octanol–water partition coefficient (Wildman–Crippen LogP) is 3.10. The first-order valence-electron chi connectivity index (χ1n) is 8.32. The number of rotatable bonds is 7. The van der Waals surface area contributed by atoms with Crippen molar-refractivity contribution in [3.63, 3.8) is 0 Å². The van der Waals surface area contributed by atoms with E-state index in [9.17, 15) is 4.79 Å². The monoisotopic (exact) mass is 369 g/mol. The van der Waals surface area contributed by atoms with E-state index in [-0.39, 0.29) is 11.9 Å². The molecule has 0 aliphatic heterocycles. The normalized spacial score (nSPS) is 11.9. The van der Waals surface area contributed by atoms with Gasteiger partial charge in [0.05, 0.1) is 17.6 Å². The fraction of sp³-hybridized carbons (Fsp3) is 0.211. The minimum Gasteiger partial charge on any atom is -0.309 e. The molecule has 0 unspecified atom stereocenters. The fourth-order valence-electron chi connectivity index (χ4n) is 2.49. The highest BCUT2D eigenvalue weighted by Crippen LogP contribution is 2.12. The molecule has 0 saturated heterocycles. The van der Waals surface area contributed by atoms with Crippen LogP contribution in [0.1, 0.15) is 18.1 Å². The first-order chi connectivity index (χ1) is 12.6. The largest absolute Gasteiger partial charge is 0.309 e. The fourth-order valence-corrected chi connectivity index (χ4v) is 2.60. The van der Waals surface area contributed by atoms with E-state index in [1.54, 1.807) is 18.3 Å². The Kier molecular flexibility index (Phi) is 5.99. The maximum Gasteiger partial charge on any atom is 0.242 e. The van der Waals surface area contributed by atoms with Crippen LogP contribution in [0.15, 0.2) is 61.1 Å². The van der Waals surface area contributed by atoms with Crippen molar-refractivity contribution >= 4 is 23.3 Å². The summed E-state index contributed by atoms with van der Waals surface area (Å²) in [7, 11) is 0. The van der Waals surface area contributed by atoms with E-state index < -0.39 is 0 Å². The van der Waals surface area contributed by atoms with Gasteiger partial charge in [-0.3, -0.25) is 9.48 Å². The van der Waals surface area contributed by atoms with Gasteiger partial charge >= 0.3 is 0 Å². The number of anilines is 1. The molecule has 0 radical (unpaired) electrons. The average molecular weight is 370 g/mol. The lowest BCUT2D eigenvalue weighted by molar-refractivity contribution is -0.117. The van der Waals surface area contributed by atoms with Gasteiger partial charge in [-0.15, -0.1) is 0 Å². The molecule has 0 aliphatic rings. The van der Waals surface area contributed by atoms with Crippen molar-refractivity contribution in [1.82, 2.24) is 20.1 Å². The van der Waals surface area contributed by atoms with E-state index >= 15 is 0 Å². The van der Waals surface area contributed by atoms with Gasteiger partial charge in [-0.25, -0.2) is 4.98 Å². The van der Waals surface area contributed by atoms with E-state index in [0.29, 0.717) is 23.9 Å². The number of nitrogens with zero attached hydrogens (tertiary/aromatic N) is 3. The zero-order chi connectivity index (χ0) is 18.4. The molecule has 1 atom stereocenters. The minimum atomic E-state index is -0.370. The number of nitrogens with one attached hydrogen (secondary N) is 2. The molecule has 0 fully saturated rings. The maximum atomic E-state index is 12.3. The van der Waals surface area contributed by atoms with Crippen LogP contribution in [0.5, 0.6) is 0 Å². The summed E-state index contributed by atoms with van der Waals surface area (Å²) in [6, 6.07) is 13.0. The van der Waals surface area contributed by atoms with E-state index in [2.05, 4.69) is 32.8 Å². The van der Waals surface area contributed by atoms with Gasteiger partial charge in [-0.2, -0.15) is 5.10 Å². The van der Waals surface area contributed by atoms with Crippen LogP contribution in [0.2, 0.25) is 5.02 Å². The second kappa shape index (κ2) is 8.60. The second-order valence-electron chi connectivity index (χ2n) is 5.93. The van der Waals surface area contributed by atoms with Crippen LogP contribution < -0.4 is 10.6 Å². The van der Waals surface area contributed by atoms with Crippen LogP contribution in [0.25, 0.3) is 0 Å². The average Bonchev–Trinajstić information content (AvgIpc) is 3.15. The molecule has 1 aromatic carbocycles.